The second-order valence-corrected chi connectivity index (χ2v) is 6.25. The molecule has 1 unspecified atom stereocenters. The lowest BCUT2D eigenvalue weighted by atomic mass is 10.1. The number of rotatable bonds is 4. The van der Waals surface area contributed by atoms with Crippen LogP contribution in [0.15, 0.2) is 29.0 Å². The van der Waals surface area contributed by atoms with Gasteiger partial charge in [-0.25, -0.2) is 13.8 Å². The molecule has 1 aliphatic heterocycles. The van der Waals surface area contributed by atoms with E-state index >= 15 is 0 Å². The van der Waals surface area contributed by atoms with Crippen molar-refractivity contribution in [1.29, 1.82) is 0 Å². The first-order valence-electron chi connectivity index (χ1n) is 6.97. The smallest absolute Gasteiger partial charge is 0.240 e. The number of nitrogens with one attached hydrogen (secondary N) is 1. The van der Waals surface area contributed by atoms with E-state index in [2.05, 4.69) is 31.1 Å². The number of hydrogen-bond acceptors (Lipinski definition) is 3. The summed E-state index contributed by atoms with van der Waals surface area (Å²) < 4.78 is 28.0. The molecular formula is C14H17BrF2N4. The zero-order chi connectivity index (χ0) is 14.8. The number of fused-ring (bicyclic) bond motifs is 1. The fourth-order valence-electron chi connectivity index (χ4n) is 2.77. The third-order valence-corrected chi connectivity index (χ3v) is 4.23. The van der Waals surface area contributed by atoms with Crippen molar-refractivity contribution in [1.82, 2.24) is 19.6 Å². The molecule has 0 bridgehead atoms. The molecular weight excluding hydrogens is 342 g/mol. The van der Waals surface area contributed by atoms with Crippen molar-refractivity contribution in [3.05, 3.63) is 34.7 Å². The molecule has 2 aromatic heterocycles. The van der Waals surface area contributed by atoms with Gasteiger partial charge in [-0.1, -0.05) is 15.9 Å². The first-order valence-corrected chi connectivity index (χ1v) is 7.76. The maximum absolute atomic E-state index is 12.5. The van der Waals surface area contributed by atoms with Crippen LogP contribution in [0.5, 0.6) is 0 Å². The SMILES string of the molecule is FC(F)CC1CN(Cc2cnc3cc(Br)ccn23)CCN1. The lowest BCUT2D eigenvalue weighted by Gasteiger charge is -2.33. The number of alkyl halides is 2. The molecule has 3 heterocycles. The summed E-state index contributed by atoms with van der Waals surface area (Å²) in [7, 11) is 0. The van der Waals surface area contributed by atoms with Crippen molar-refractivity contribution >= 4 is 21.6 Å². The molecule has 0 aromatic carbocycles. The maximum Gasteiger partial charge on any atom is 0.240 e. The summed E-state index contributed by atoms with van der Waals surface area (Å²) in [5.41, 5.74) is 1.97. The molecule has 1 saturated heterocycles. The van der Waals surface area contributed by atoms with Crippen LogP contribution in [-0.2, 0) is 6.54 Å². The molecule has 0 radical (unpaired) electrons. The Labute approximate surface area is 130 Å². The van der Waals surface area contributed by atoms with Gasteiger partial charge in [0.2, 0.25) is 6.43 Å². The Kier molecular flexibility index (Phi) is 4.51. The number of imidazole rings is 1. The van der Waals surface area contributed by atoms with Crippen molar-refractivity contribution in [2.24, 2.45) is 0 Å². The van der Waals surface area contributed by atoms with Gasteiger partial charge in [0.25, 0.3) is 0 Å². The van der Waals surface area contributed by atoms with Crippen LogP contribution < -0.4 is 5.32 Å². The fraction of sp³-hybridized carbons (Fsp3) is 0.500. The zero-order valence-electron chi connectivity index (χ0n) is 11.5. The summed E-state index contributed by atoms with van der Waals surface area (Å²) in [5.74, 6) is 0. The molecule has 0 saturated carbocycles. The lowest BCUT2D eigenvalue weighted by Crippen LogP contribution is -2.50. The fourth-order valence-corrected chi connectivity index (χ4v) is 3.09. The molecule has 1 atom stereocenters. The van der Waals surface area contributed by atoms with E-state index in [1.54, 1.807) is 0 Å². The number of hydrogen-bond donors (Lipinski definition) is 1. The highest BCUT2D eigenvalue weighted by molar-refractivity contribution is 9.10. The van der Waals surface area contributed by atoms with Crippen molar-refractivity contribution in [3.63, 3.8) is 0 Å². The highest BCUT2D eigenvalue weighted by atomic mass is 79.9. The summed E-state index contributed by atoms with van der Waals surface area (Å²) in [6.45, 7) is 2.99. The Bertz CT molecular complexity index is 616. The second-order valence-electron chi connectivity index (χ2n) is 5.34. The molecule has 21 heavy (non-hydrogen) atoms. The zero-order valence-corrected chi connectivity index (χ0v) is 13.1. The van der Waals surface area contributed by atoms with E-state index in [0.717, 1.165) is 35.4 Å². The Balaban J connectivity index is 1.70. The van der Waals surface area contributed by atoms with E-state index < -0.39 is 6.43 Å². The van der Waals surface area contributed by atoms with E-state index in [1.165, 1.54) is 0 Å². The lowest BCUT2D eigenvalue weighted by molar-refractivity contribution is 0.0961. The van der Waals surface area contributed by atoms with Crippen LogP contribution in [0.25, 0.3) is 5.65 Å². The molecule has 7 heteroatoms. The van der Waals surface area contributed by atoms with Gasteiger partial charge in [-0.05, 0) is 12.1 Å². The highest BCUT2D eigenvalue weighted by Crippen LogP contribution is 2.16. The van der Waals surface area contributed by atoms with Gasteiger partial charge in [0.15, 0.2) is 0 Å². The van der Waals surface area contributed by atoms with Crippen LogP contribution in [0.4, 0.5) is 8.78 Å². The first kappa shape index (κ1) is 14.9. The first-order chi connectivity index (χ1) is 10.1. The van der Waals surface area contributed by atoms with Gasteiger partial charge in [0.1, 0.15) is 5.65 Å². The molecule has 114 valence electrons. The topological polar surface area (TPSA) is 32.6 Å². The normalized spacial score (nSPS) is 20.5. The molecule has 2 aromatic rings. The predicted molar refractivity (Wildman–Crippen MR) is 80.6 cm³/mol. The maximum atomic E-state index is 12.5. The standard InChI is InChI=1S/C14H17BrF2N4/c15-10-1-3-21-12(7-19-14(21)5-10)9-20-4-2-18-11(8-20)6-13(16)17/h1,3,5,7,11,13,18H,2,4,6,8-9H2. The van der Waals surface area contributed by atoms with Gasteiger partial charge in [-0.2, -0.15) is 0 Å². The van der Waals surface area contributed by atoms with Crippen molar-refractivity contribution in [2.45, 2.75) is 25.4 Å². The molecule has 1 fully saturated rings. The third-order valence-electron chi connectivity index (χ3n) is 3.74. The number of halogens is 3. The van der Waals surface area contributed by atoms with Crippen LogP contribution in [0.1, 0.15) is 12.1 Å². The molecule has 1 N–H and O–H groups in total. The van der Waals surface area contributed by atoms with E-state index in [-0.39, 0.29) is 12.5 Å². The van der Waals surface area contributed by atoms with E-state index in [9.17, 15) is 8.78 Å². The summed E-state index contributed by atoms with van der Waals surface area (Å²) in [6, 6.07) is 3.79. The van der Waals surface area contributed by atoms with E-state index in [1.807, 2.05) is 28.9 Å². The molecule has 0 amide bonds. The Morgan fingerprint density at radius 1 is 1.48 bits per heavy atom. The minimum absolute atomic E-state index is 0.0867. The van der Waals surface area contributed by atoms with Gasteiger partial charge < -0.3 is 9.72 Å². The minimum Gasteiger partial charge on any atom is -0.311 e. The van der Waals surface area contributed by atoms with Crippen molar-refractivity contribution < 1.29 is 8.78 Å². The highest BCUT2D eigenvalue weighted by Gasteiger charge is 2.23. The quantitative estimate of drug-likeness (QED) is 0.911. The van der Waals surface area contributed by atoms with Crippen LogP contribution in [-0.4, -0.2) is 46.4 Å². The second kappa shape index (κ2) is 6.37. The summed E-state index contributed by atoms with van der Waals surface area (Å²) in [6.07, 6.45) is 1.49. The molecule has 0 aliphatic carbocycles. The number of nitrogens with zero attached hydrogens (tertiary/aromatic N) is 3. The molecule has 4 nitrogen and oxygen atoms in total. The molecule has 0 spiro atoms. The molecule has 3 rings (SSSR count). The van der Waals surface area contributed by atoms with Gasteiger partial charge in [0.05, 0.1) is 11.9 Å². The van der Waals surface area contributed by atoms with Crippen LogP contribution in [0.2, 0.25) is 0 Å². The van der Waals surface area contributed by atoms with E-state index in [0.29, 0.717) is 6.54 Å². The summed E-state index contributed by atoms with van der Waals surface area (Å²) in [4.78, 5) is 6.59. The number of aromatic nitrogens is 2. The monoisotopic (exact) mass is 358 g/mol. The van der Waals surface area contributed by atoms with Crippen LogP contribution in [0, 0.1) is 0 Å². The summed E-state index contributed by atoms with van der Waals surface area (Å²) >= 11 is 3.43. The largest absolute Gasteiger partial charge is 0.311 e. The minimum atomic E-state index is -2.25. The van der Waals surface area contributed by atoms with E-state index in [4.69, 9.17) is 0 Å². The predicted octanol–water partition coefficient (Wildman–Crippen LogP) is 2.53. The molecule has 1 aliphatic rings. The summed E-state index contributed by atoms with van der Waals surface area (Å²) in [5, 5.41) is 3.15. The average Bonchev–Trinajstić information content (AvgIpc) is 2.80. The van der Waals surface area contributed by atoms with Crippen molar-refractivity contribution in [3.8, 4) is 0 Å². The third kappa shape index (κ3) is 3.59. The number of pyridine rings is 1. The van der Waals surface area contributed by atoms with Crippen molar-refractivity contribution in [2.75, 3.05) is 19.6 Å². The van der Waals surface area contributed by atoms with Gasteiger partial charge in [0, 0.05) is 49.3 Å². The average molecular weight is 359 g/mol. The number of piperazine rings is 1. The van der Waals surface area contributed by atoms with Crippen LogP contribution >= 0.6 is 15.9 Å². The Morgan fingerprint density at radius 2 is 2.33 bits per heavy atom. The van der Waals surface area contributed by atoms with Crippen LogP contribution in [0.3, 0.4) is 0 Å². The van der Waals surface area contributed by atoms with Gasteiger partial charge >= 0.3 is 0 Å². The van der Waals surface area contributed by atoms with Gasteiger partial charge in [-0.15, -0.1) is 0 Å². The Morgan fingerprint density at radius 3 is 3.14 bits per heavy atom. The van der Waals surface area contributed by atoms with Gasteiger partial charge in [-0.3, -0.25) is 4.90 Å². The Hall–Kier alpha value is -1.05.